The molecule has 0 fully saturated rings. The summed E-state index contributed by atoms with van der Waals surface area (Å²) in [7, 11) is 0. The lowest BCUT2D eigenvalue weighted by atomic mass is 10.2. The number of nitro groups is 1. The molecule has 1 aromatic heterocycles. The number of hydrogen-bond acceptors (Lipinski definition) is 4. The summed E-state index contributed by atoms with van der Waals surface area (Å²) in [5, 5.41) is 22.8. The summed E-state index contributed by atoms with van der Waals surface area (Å²) < 4.78 is 0.879. The fourth-order valence-corrected chi connectivity index (χ4v) is 1.91. The molecule has 0 amide bonds. The van der Waals surface area contributed by atoms with Crippen LogP contribution >= 0.6 is 15.9 Å². The Morgan fingerprint density at radius 3 is 2.74 bits per heavy atom. The predicted molar refractivity (Wildman–Crippen MR) is 73.4 cm³/mol. The van der Waals surface area contributed by atoms with Crippen LogP contribution in [0.25, 0.3) is 0 Å². The number of nitrogens with one attached hydrogen (secondary N) is 1. The van der Waals surface area contributed by atoms with Crippen LogP contribution in [0.4, 0.5) is 17.1 Å². The molecule has 1 atom stereocenters. The average Bonchev–Trinajstić information content (AvgIpc) is 2.41. The second kappa shape index (κ2) is 5.43. The van der Waals surface area contributed by atoms with E-state index in [1.807, 2.05) is 6.92 Å². The lowest BCUT2D eigenvalue weighted by Gasteiger charge is -2.21. The SMILES string of the molecule is Cc1cc([NH+]([O-])c2cnccc2[N+](=O)[O-])ccc1Br. The van der Waals surface area contributed by atoms with Gasteiger partial charge in [0.05, 0.1) is 11.1 Å². The number of rotatable bonds is 3. The van der Waals surface area contributed by atoms with Crippen LogP contribution in [0.15, 0.2) is 41.1 Å². The summed E-state index contributed by atoms with van der Waals surface area (Å²) in [5.41, 5.74) is 1.05. The zero-order valence-corrected chi connectivity index (χ0v) is 11.5. The molecule has 0 aliphatic heterocycles. The maximum Gasteiger partial charge on any atom is 0.333 e. The minimum atomic E-state index is -0.583. The maximum atomic E-state index is 12.3. The van der Waals surface area contributed by atoms with Crippen LogP contribution < -0.4 is 5.06 Å². The van der Waals surface area contributed by atoms with Gasteiger partial charge >= 0.3 is 5.69 Å². The van der Waals surface area contributed by atoms with Crippen LogP contribution in [0.3, 0.4) is 0 Å². The second-order valence-electron chi connectivity index (χ2n) is 3.94. The highest BCUT2D eigenvalue weighted by Gasteiger charge is 2.21. The number of hydrogen-bond donors (Lipinski definition) is 1. The van der Waals surface area contributed by atoms with Gasteiger partial charge in [0.2, 0.25) is 5.69 Å². The number of benzene rings is 1. The molecule has 0 radical (unpaired) electrons. The Balaban J connectivity index is 2.46. The van der Waals surface area contributed by atoms with Crippen molar-refractivity contribution in [3.8, 4) is 0 Å². The van der Waals surface area contributed by atoms with Crippen molar-refractivity contribution in [3.05, 3.63) is 62.0 Å². The van der Waals surface area contributed by atoms with E-state index < -0.39 is 9.99 Å². The van der Waals surface area contributed by atoms with Crippen LogP contribution in [-0.2, 0) is 0 Å². The molecule has 6 nitrogen and oxygen atoms in total. The van der Waals surface area contributed by atoms with Crippen LogP contribution in [-0.4, -0.2) is 9.91 Å². The minimum Gasteiger partial charge on any atom is -0.623 e. The molecule has 0 spiro atoms. The smallest absolute Gasteiger partial charge is 0.333 e. The van der Waals surface area contributed by atoms with Crippen molar-refractivity contribution >= 4 is 33.0 Å². The molecular formula is C12H10BrN3O3. The summed E-state index contributed by atoms with van der Waals surface area (Å²) in [4.78, 5) is 14.1. The van der Waals surface area contributed by atoms with E-state index in [0.29, 0.717) is 5.69 Å². The number of aromatic nitrogens is 1. The zero-order chi connectivity index (χ0) is 14.0. The van der Waals surface area contributed by atoms with Crippen molar-refractivity contribution < 1.29 is 9.99 Å². The minimum absolute atomic E-state index is 0.00535. The Morgan fingerprint density at radius 1 is 1.37 bits per heavy atom. The van der Waals surface area contributed by atoms with E-state index in [2.05, 4.69) is 20.9 Å². The van der Waals surface area contributed by atoms with E-state index in [-0.39, 0.29) is 11.4 Å². The van der Waals surface area contributed by atoms with Gasteiger partial charge in [-0.1, -0.05) is 15.9 Å². The highest BCUT2D eigenvalue weighted by Crippen LogP contribution is 2.22. The molecule has 7 heteroatoms. The molecule has 19 heavy (non-hydrogen) atoms. The number of halogens is 1. The maximum absolute atomic E-state index is 12.3. The molecule has 2 aromatic rings. The van der Waals surface area contributed by atoms with Gasteiger partial charge < -0.3 is 10.3 Å². The molecule has 1 heterocycles. The molecule has 1 unspecified atom stereocenters. The number of quaternary nitrogens is 1. The fourth-order valence-electron chi connectivity index (χ4n) is 1.66. The van der Waals surface area contributed by atoms with Crippen molar-refractivity contribution in [2.45, 2.75) is 6.92 Å². The standard InChI is InChI=1S/C12H10BrN3O3/c1-8-6-9(2-3-10(8)13)15(17)12-7-14-5-4-11(12)16(18)19/h2-7,15H,1H3. The molecule has 0 aliphatic carbocycles. The first-order valence-electron chi connectivity index (χ1n) is 5.40. The van der Waals surface area contributed by atoms with Crippen molar-refractivity contribution in [1.82, 2.24) is 4.98 Å². The molecule has 0 bridgehead atoms. The molecular weight excluding hydrogens is 314 g/mol. The highest BCUT2D eigenvalue weighted by molar-refractivity contribution is 9.10. The molecule has 0 aliphatic rings. The largest absolute Gasteiger partial charge is 0.623 e. The van der Waals surface area contributed by atoms with Gasteiger partial charge in [-0.15, -0.1) is 0 Å². The Bertz CT molecular complexity index is 633. The number of pyridine rings is 1. The fraction of sp³-hybridized carbons (Fsp3) is 0.0833. The van der Waals surface area contributed by atoms with Gasteiger partial charge in [0.25, 0.3) is 0 Å². The summed E-state index contributed by atoms with van der Waals surface area (Å²) in [6, 6.07) is 6.27. The van der Waals surface area contributed by atoms with E-state index in [1.54, 1.807) is 18.2 Å². The molecule has 0 saturated heterocycles. The van der Waals surface area contributed by atoms with Crippen LogP contribution in [0.2, 0.25) is 0 Å². The first-order chi connectivity index (χ1) is 9.00. The predicted octanol–water partition coefficient (Wildman–Crippen LogP) is 2.41. The van der Waals surface area contributed by atoms with Gasteiger partial charge in [-0.2, -0.15) is 0 Å². The van der Waals surface area contributed by atoms with Gasteiger partial charge in [0.15, 0.2) is 0 Å². The molecule has 98 valence electrons. The lowest BCUT2D eigenvalue weighted by molar-refractivity contribution is -0.701. The van der Waals surface area contributed by atoms with E-state index in [4.69, 9.17) is 0 Å². The van der Waals surface area contributed by atoms with Crippen molar-refractivity contribution in [1.29, 1.82) is 0 Å². The number of aryl methyl sites for hydroxylation is 1. The van der Waals surface area contributed by atoms with Crippen molar-refractivity contribution in [3.63, 3.8) is 0 Å². The van der Waals surface area contributed by atoms with Gasteiger partial charge in [0, 0.05) is 28.9 Å². The third kappa shape index (κ3) is 2.78. The van der Waals surface area contributed by atoms with Crippen LogP contribution in [0.5, 0.6) is 0 Å². The zero-order valence-electron chi connectivity index (χ0n) is 9.96. The van der Waals surface area contributed by atoms with E-state index in [1.165, 1.54) is 18.5 Å². The first-order valence-corrected chi connectivity index (χ1v) is 6.19. The highest BCUT2D eigenvalue weighted by atomic mass is 79.9. The molecule has 1 N–H and O–H groups in total. The first kappa shape index (κ1) is 13.6. The Hall–Kier alpha value is -1.83. The number of nitrogens with zero attached hydrogens (tertiary/aromatic N) is 2. The van der Waals surface area contributed by atoms with E-state index in [9.17, 15) is 15.3 Å². The lowest BCUT2D eigenvalue weighted by Crippen LogP contribution is -2.96. The van der Waals surface area contributed by atoms with E-state index >= 15 is 0 Å². The van der Waals surface area contributed by atoms with Gasteiger partial charge in [0.1, 0.15) is 5.69 Å². The van der Waals surface area contributed by atoms with Crippen LogP contribution in [0, 0.1) is 22.2 Å². The molecule has 0 saturated carbocycles. The average molecular weight is 324 g/mol. The van der Waals surface area contributed by atoms with Gasteiger partial charge in [-0.25, -0.2) is 0 Å². The summed E-state index contributed by atoms with van der Waals surface area (Å²) in [6.45, 7) is 1.85. The monoisotopic (exact) mass is 323 g/mol. The second-order valence-corrected chi connectivity index (χ2v) is 4.80. The van der Waals surface area contributed by atoms with E-state index in [0.717, 1.165) is 10.0 Å². The normalized spacial score (nSPS) is 12.2. The molecule has 1 aromatic carbocycles. The molecule has 2 rings (SSSR count). The summed E-state index contributed by atoms with van der Waals surface area (Å²) in [5.74, 6) is 0. The quantitative estimate of drug-likeness (QED) is 0.694. The summed E-state index contributed by atoms with van der Waals surface area (Å²) in [6.07, 6.45) is 2.51. The third-order valence-corrected chi connectivity index (χ3v) is 3.55. The van der Waals surface area contributed by atoms with Crippen LogP contribution in [0.1, 0.15) is 5.56 Å². The Labute approximate surface area is 117 Å². The third-order valence-electron chi connectivity index (χ3n) is 2.66. The van der Waals surface area contributed by atoms with Crippen molar-refractivity contribution in [2.24, 2.45) is 0 Å². The Morgan fingerprint density at radius 2 is 2.11 bits per heavy atom. The topological polar surface area (TPSA) is 83.5 Å². The Kier molecular flexibility index (Phi) is 3.89. The van der Waals surface area contributed by atoms with Gasteiger partial charge in [-0.05, 0) is 18.6 Å². The summed E-state index contributed by atoms with van der Waals surface area (Å²) >= 11 is 3.34. The van der Waals surface area contributed by atoms with Gasteiger partial charge in [-0.3, -0.25) is 15.1 Å². The van der Waals surface area contributed by atoms with Crippen molar-refractivity contribution in [2.75, 3.05) is 0 Å².